The van der Waals surface area contributed by atoms with E-state index < -0.39 is 0 Å². The summed E-state index contributed by atoms with van der Waals surface area (Å²) in [5, 5.41) is 0. The number of likely N-dealkylation sites (tertiary alicyclic amines) is 2. The molecule has 1 aromatic carbocycles. The van der Waals surface area contributed by atoms with E-state index in [9.17, 15) is 9.18 Å². The number of hydrogen-bond donors (Lipinski definition) is 0. The topological polar surface area (TPSA) is 23.6 Å². The highest BCUT2D eigenvalue weighted by molar-refractivity contribution is 5.79. The minimum Gasteiger partial charge on any atom is -0.339 e. The summed E-state index contributed by atoms with van der Waals surface area (Å²) in [6.45, 7) is 3.36. The molecule has 2 saturated heterocycles. The van der Waals surface area contributed by atoms with Crippen molar-refractivity contribution in [2.24, 2.45) is 5.92 Å². The smallest absolute Gasteiger partial charge is 0.226 e. The normalized spacial score (nSPS) is 22.6. The molecule has 0 saturated carbocycles. The predicted octanol–water partition coefficient (Wildman–Crippen LogP) is 3.09. The van der Waals surface area contributed by atoms with Gasteiger partial charge in [0.15, 0.2) is 0 Å². The van der Waals surface area contributed by atoms with Crippen LogP contribution in [0.3, 0.4) is 0 Å². The van der Waals surface area contributed by atoms with Gasteiger partial charge in [0.25, 0.3) is 0 Å². The zero-order valence-corrected chi connectivity index (χ0v) is 14.8. The van der Waals surface area contributed by atoms with Crippen LogP contribution in [0.4, 0.5) is 4.39 Å². The Labute approximate surface area is 150 Å². The third-order valence-corrected chi connectivity index (χ3v) is 5.55. The van der Waals surface area contributed by atoms with Crippen LogP contribution in [-0.4, -0.2) is 47.9 Å². The molecule has 0 aliphatic carbocycles. The third-order valence-electron chi connectivity index (χ3n) is 5.55. The second-order valence-corrected chi connectivity index (χ2v) is 7.27. The third kappa shape index (κ3) is 4.61. The molecule has 4 heteroatoms. The number of carbonyl (C=O) groups excluding carboxylic acids is 1. The molecule has 1 aromatic rings. The van der Waals surface area contributed by atoms with Crippen LogP contribution in [0, 0.1) is 24.1 Å². The number of amides is 1. The van der Waals surface area contributed by atoms with Crippen molar-refractivity contribution in [2.75, 3.05) is 26.2 Å². The van der Waals surface area contributed by atoms with Gasteiger partial charge in [-0.25, -0.2) is 4.39 Å². The maximum atomic E-state index is 13.1. The van der Waals surface area contributed by atoms with Crippen molar-refractivity contribution in [3.05, 3.63) is 35.6 Å². The maximum absolute atomic E-state index is 13.1. The van der Waals surface area contributed by atoms with E-state index in [2.05, 4.69) is 15.7 Å². The SMILES string of the molecule is C#CCN1CCC(C(=O)N2CCCC[C@@H]2Cc2ccc(F)cc2)CC1. The maximum Gasteiger partial charge on any atom is 0.226 e. The van der Waals surface area contributed by atoms with E-state index in [0.29, 0.717) is 12.5 Å². The molecule has 2 heterocycles. The number of halogens is 1. The van der Waals surface area contributed by atoms with Crippen molar-refractivity contribution in [3.8, 4) is 12.3 Å². The minimum absolute atomic E-state index is 0.128. The summed E-state index contributed by atoms with van der Waals surface area (Å²) in [4.78, 5) is 17.4. The summed E-state index contributed by atoms with van der Waals surface area (Å²) < 4.78 is 13.1. The minimum atomic E-state index is -0.209. The average molecular weight is 342 g/mol. The fourth-order valence-corrected chi connectivity index (χ4v) is 4.10. The Balaban J connectivity index is 1.61. The Morgan fingerprint density at radius 1 is 1.12 bits per heavy atom. The number of rotatable bonds is 4. The van der Waals surface area contributed by atoms with Crippen molar-refractivity contribution in [2.45, 2.75) is 44.6 Å². The lowest BCUT2D eigenvalue weighted by molar-refractivity contribution is -0.140. The Hall–Kier alpha value is -1.86. The lowest BCUT2D eigenvalue weighted by Crippen LogP contribution is -2.49. The molecule has 0 spiro atoms. The first-order valence-corrected chi connectivity index (χ1v) is 9.38. The summed E-state index contributed by atoms with van der Waals surface area (Å²) in [6.07, 6.45) is 11.3. The zero-order chi connectivity index (χ0) is 17.6. The molecule has 134 valence electrons. The molecule has 2 aliphatic heterocycles. The molecule has 3 rings (SSSR count). The molecule has 1 amide bonds. The molecule has 3 nitrogen and oxygen atoms in total. The van der Waals surface area contributed by atoms with E-state index in [4.69, 9.17) is 6.42 Å². The number of carbonyl (C=O) groups is 1. The number of nitrogens with zero attached hydrogens (tertiary/aromatic N) is 2. The van der Waals surface area contributed by atoms with Gasteiger partial charge in [-0.05, 0) is 69.3 Å². The lowest BCUT2D eigenvalue weighted by atomic mass is 9.90. The van der Waals surface area contributed by atoms with Gasteiger partial charge >= 0.3 is 0 Å². The van der Waals surface area contributed by atoms with E-state index in [-0.39, 0.29) is 17.8 Å². The van der Waals surface area contributed by atoms with E-state index in [1.165, 1.54) is 12.1 Å². The number of benzene rings is 1. The van der Waals surface area contributed by atoms with E-state index in [1.807, 2.05) is 12.1 Å². The van der Waals surface area contributed by atoms with Gasteiger partial charge in [-0.3, -0.25) is 9.69 Å². The summed E-state index contributed by atoms with van der Waals surface area (Å²) in [5.41, 5.74) is 1.11. The number of terminal acetylenes is 1. The summed E-state index contributed by atoms with van der Waals surface area (Å²) in [6, 6.07) is 6.93. The summed E-state index contributed by atoms with van der Waals surface area (Å²) >= 11 is 0. The van der Waals surface area contributed by atoms with Crippen LogP contribution < -0.4 is 0 Å². The second kappa shape index (κ2) is 8.49. The quantitative estimate of drug-likeness (QED) is 0.785. The monoisotopic (exact) mass is 342 g/mol. The first-order valence-electron chi connectivity index (χ1n) is 9.38. The highest BCUT2D eigenvalue weighted by Gasteiger charge is 2.33. The Bertz CT molecular complexity index is 614. The zero-order valence-electron chi connectivity index (χ0n) is 14.8. The van der Waals surface area contributed by atoms with Crippen molar-refractivity contribution in [1.82, 2.24) is 9.80 Å². The largest absolute Gasteiger partial charge is 0.339 e. The average Bonchev–Trinajstić information content (AvgIpc) is 2.64. The van der Waals surface area contributed by atoms with Crippen LogP contribution in [0.1, 0.15) is 37.7 Å². The van der Waals surface area contributed by atoms with Crippen LogP contribution in [-0.2, 0) is 11.2 Å². The summed E-state index contributed by atoms with van der Waals surface area (Å²) in [7, 11) is 0. The molecule has 0 aromatic heterocycles. The molecular formula is C21H27FN2O. The van der Waals surface area contributed by atoms with Gasteiger partial charge in [-0.2, -0.15) is 0 Å². The lowest BCUT2D eigenvalue weighted by Gasteiger charge is -2.40. The van der Waals surface area contributed by atoms with Crippen LogP contribution in [0.2, 0.25) is 0 Å². The number of hydrogen-bond acceptors (Lipinski definition) is 2. The van der Waals surface area contributed by atoms with E-state index in [0.717, 1.165) is 63.7 Å². The van der Waals surface area contributed by atoms with Gasteiger partial charge in [0.1, 0.15) is 5.82 Å². The van der Waals surface area contributed by atoms with Crippen molar-refractivity contribution < 1.29 is 9.18 Å². The predicted molar refractivity (Wildman–Crippen MR) is 97.5 cm³/mol. The molecule has 1 atom stereocenters. The fourth-order valence-electron chi connectivity index (χ4n) is 4.10. The molecule has 0 N–H and O–H groups in total. The highest BCUT2D eigenvalue weighted by atomic mass is 19.1. The van der Waals surface area contributed by atoms with Crippen LogP contribution in [0.15, 0.2) is 24.3 Å². The fraction of sp³-hybridized carbons (Fsp3) is 0.571. The van der Waals surface area contributed by atoms with Gasteiger partial charge in [-0.1, -0.05) is 18.1 Å². The van der Waals surface area contributed by atoms with Crippen molar-refractivity contribution in [1.29, 1.82) is 0 Å². The van der Waals surface area contributed by atoms with E-state index in [1.54, 1.807) is 0 Å². The van der Waals surface area contributed by atoms with Gasteiger partial charge in [0, 0.05) is 18.5 Å². The number of piperidine rings is 2. The van der Waals surface area contributed by atoms with Gasteiger partial charge in [0.05, 0.1) is 6.54 Å². The molecule has 25 heavy (non-hydrogen) atoms. The van der Waals surface area contributed by atoms with Crippen LogP contribution in [0.5, 0.6) is 0 Å². The molecule has 2 fully saturated rings. The Morgan fingerprint density at radius 2 is 1.84 bits per heavy atom. The molecule has 0 bridgehead atoms. The standard InChI is InChI=1S/C21H27FN2O/c1-2-12-23-14-10-18(11-15-23)21(25)24-13-4-3-5-20(24)16-17-6-8-19(22)9-7-17/h1,6-9,18,20H,3-5,10-16H2/t20-/m1/s1. The molecule has 0 unspecified atom stereocenters. The highest BCUT2D eigenvalue weighted by Crippen LogP contribution is 2.26. The van der Waals surface area contributed by atoms with Crippen molar-refractivity contribution in [3.63, 3.8) is 0 Å². The second-order valence-electron chi connectivity index (χ2n) is 7.27. The first kappa shape index (κ1) is 17.9. The molecular weight excluding hydrogens is 315 g/mol. The van der Waals surface area contributed by atoms with Gasteiger partial charge in [-0.15, -0.1) is 6.42 Å². The Morgan fingerprint density at radius 3 is 2.52 bits per heavy atom. The summed E-state index contributed by atoms with van der Waals surface area (Å²) in [5.74, 6) is 2.92. The molecule has 0 radical (unpaired) electrons. The molecule has 2 aliphatic rings. The van der Waals surface area contributed by atoms with Crippen LogP contribution >= 0.6 is 0 Å². The van der Waals surface area contributed by atoms with E-state index >= 15 is 0 Å². The van der Waals surface area contributed by atoms with Gasteiger partial charge < -0.3 is 4.90 Å². The Kier molecular flexibility index (Phi) is 6.09. The van der Waals surface area contributed by atoms with Crippen LogP contribution in [0.25, 0.3) is 0 Å². The first-order chi connectivity index (χ1) is 12.2. The van der Waals surface area contributed by atoms with Crippen molar-refractivity contribution >= 4 is 5.91 Å². The van der Waals surface area contributed by atoms with Gasteiger partial charge in [0.2, 0.25) is 5.91 Å².